The van der Waals surface area contributed by atoms with Crippen molar-refractivity contribution in [3.8, 4) is 17.2 Å². The zero-order valence-electron chi connectivity index (χ0n) is 17.8. The van der Waals surface area contributed by atoms with E-state index in [0.717, 1.165) is 11.1 Å². The quantitative estimate of drug-likeness (QED) is 0.402. The number of nitrogens with zero attached hydrogens (tertiary/aromatic N) is 1. The molecule has 4 rings (SSSR count). The fourth-order valence-electron chi connectivity index (χ4n) is 3.86. The third kappa shape index (κ3) is 4.50. The van der Waals surface area contributed by atoms with Crippen LogP contribution in [0.4, 0.5) is 0 Å². The number of carbonyl (C=O) groups excluding carboxylic acids is 1. The molecule has 0 saturated carbocycles. The van der Waals surface area contributed by atoms with Crippen LogP contribution in [0.3, 0.4) is 0 Å². The maximum absolute atomic E-state index is 13.0. The van der Waals surface area contributed by atoms with E-state index >= 15 is 0 Å². The molecule has 1 fully saturated rings. The Bertz CT molecular complexity index is 1110. The second kappa shape index (κ2) is 9.72. The van der Waals surface area contributed by atoms with Gasteiger partial charge in [0.15, 0.2) is 11.5 Å². The number of para-hydroxylation sites is 1. The molecule has 0 aliphatic carbocycles. The van der Waals surface area contributed by atoms with Gasteiger partial charge in [0.1, 0.15) is 11.8 Å². The summed E-state index contributed by atoms with van der Waals surface area (Å²) in [5.41, 5.74) is 1.92. The molecule has 2 atom stereocenters. The highest BCUT2D eigenvalue weighted by molar-refractivity contribution is 6.42. The van der Waals surface area contributed by atoms with Gasteiger partial charge in [0.05, 0.1) is 24.3 Å². The Kier molecular flexibility index (Phi) is 6.77. The number of hydrogen-bond acceptors (Lipinski definition) is 4. The molecule has 0 spiro atoms. The lowest BCUT2D eigenvalue weighted by molar-refractivity contribution is -0.164. The predicted molar refractivity (Wildman–Crippen MR) is 125 cm³/mol. The summed E-state index contributed by atoms with van der Waals surface area (Å²) < 4.78 is 16.7. The molecular formula is C25H23Cl2NO4. The summed E-state index contributed by atoms with van der Waals surface area (Å²) in [6.07, 6.45) is 0.0298. The van der Waals surface area contributed by atoms with Crippen LogP contribution in [0.1, 0.15) is 17.2 Å². The first kappa shape index (κ1) is 22.3. The Hall–Kier alpha value is -2.89. The number of likely N-dealkylation sites (tertiary alicyclic amines) is 1. The van der Waals surface area contributed by atoms with Crippen LogP contribution in [0.2, 0.25) is 10.0 Å². The maximum Gasteiger partial charge on any atom is 0.266 e. The van der Waals surface area contributed by atoms with Gasteiger partial charge in [-0.15, -0.1) is 0 Å². The van der Waals surface area contributed by atoms with Gasteiger partial charge in [0.25, 0.3) is 5.91 Å². The van der Waals surface area contributed by atoms with E-state index in [9.17, 15) is 4.79 Å². The minimum Gasteiger partial charge on any atom is -0.493 e. The zero-order valence-corrected chi connectivity index (χ0v) is 19.3. The van der Waals surface area contributed by atoms with Crippen molar-refractivity contribution >= 4 is 29.1 Å². The van der Waals surface area contributed by atoms with Gasteiger partial charge >= 0.3 is 0 Å². The van der Waals surface area contributed by atoms with Gasteiger partial charge in [0.2, 0.25) is 6.10 Å². The minimum absolute atomic E-state index is 0.0644. The van der Waals surface area contributed by atoms with Crippen molar-refractivity contribution in [2.45, 2.75) is 18.6 Å². The largest absolute Gasteiger partial charge is 0.493 e. The molecule has 0 N–H and O–H groups in total. The van der Waals surface area contributed by atoms with Gasteiger partial charge in [-0.2, -0.15) is 0 Å². The smallest absolute Gasteiger partial charge is 0.266 e. The van der Waals surface area contributed by atoms with Crippen molar-refractivity contribution in [2.75, 3.05) is 20.8 Å². The molecule has 3 aromatic rings. The van der Waals surface area contributed by atoms with Gasteiger partial charge in [-0.25, -0.2) is 0 Å². The fourth-order valence-corrected chi connectivity index (χ4v) is 4.17. The van der Waals surface area contributed by atoms with Crippen LogP contribution >= 0.6 is 23.2 Å². The van der Waals surface area contributed by atoms with Crippen molar-refractivity contribution < 1.29 is 19.0 Å². The monoisotopic (exact) mass is 471 g/mol. The first-order valence-corrected chi connectivity index (χ1v) is 11.0. The highest BCUT2D eigenvalue weighted by Crippen LogP contribution is 2.40. The van der Waals surface area contributed by atoms with Gasteiger partial charge in [-0.1, -0.05) is 53.5 Å². The van der Waals surface area contributed by atoms with Crippen molar-refractivity contribution in [3.05, 3.63) is 87.9 Å². The van der Waals surface area contributed by atoms with Crippen LogP contribution in [0.25, 0.3) is 0 Å². The molecule has 0 unspecified atom stereocenters. The minimum atomic E-state index is -0.625. The summed E-state index contributed by atoms with van der Waals surface area (Å²) in [5.74, 6) is 1.91. The number of halogens is 2. The van der Waals surface area contributed by atoms with E-state index in [4.69, 9.17) is 37.4 Å². The Labute approximate surface area is 197 Å². The molecule has 1 aliphatic heterocycles. The maximum atomic E-state index is 13.0. The van der Waals surface area contributed by atoms with Crippen LogP contribution in [0, 0.1) is 0 Å². The van der Waals surface area contributed by atoms with Crippen molar-refractivity contribution in [3.63, 3.8) is 0 Å². The highest BCUT2D eigenvalue weighted by atomic mass is 35.5. The molecule has 0 radical (unpaired) electrons. The van der Waals surface area contributed by atoms with E-state index in [0.29, 0.717) is 40.3 Å². The number of methoxy groups -OCH3 is 2. The standard InChI is InChI=1S/C25H23Cl2NO4/c1-30-21-11-8-16(14-22(21)31-2)12-13-28-23(17-9-10-19(26)20(27)15-17)24(25(28)29)32-18-6-4-3-5-7-18/h3-11,14-15,23-24H,12-13H2,1-2H3/t23-,24-/m0/s1. The van der Waals surface area contributed by atoms with E-state index in [2.05, 4.69) is 0 Å². The van der Waals surface area contributed by atoms with Gasteiger partial charge in [0, 0.05) is 6.54 Å². The van der Waals surface area contributed by atoms with Crippen LogP contribution < -0.4 is 14.2 Å². The second-order valence-electron chi connectivity index (χ2n) is 7.44. The van der Waals surface area contributed by atoms with Crippen molar-refractivity contribution in [2.24, 2.45) is 0 Å². The summed E-state index contributed by atoms with van der Waals surface area (Å²) in [4.78, 5) is 14.9. The predicted octanol–water partition coefficient (Wildman–Crippen LogP) is 5.58. The van der Waals surface area contributed by atoms with Crippen molar-refractivity contribution in [1.82, 2.24) is 4.90 Å². The highest BCUT2D eigenvalue weighted by Gasteiger charge is 2.49. The molecule has 0 aromatic heterocycles. The van der Waals surface area contributed by atoms with Gasteiger partial charge in [-0.3, -0.25) is 4.79 Å². The SMILES string of the molecule is COc1ccc(CCN2C(=O)[C@@H](Oc3ccccc3)[C@@H]2c2ccc(Cl)c(Cl)c2)cc1OC. The molecule has 7 heteroatoms. The number of benzene rings is 3. The Morgan fingerprint density at radius 3 is 2.31 bits per heavy atom. The van der Waals surface area contributed by atoms with E-state index in [-0.39, 0.29) is 11.9 Å². The Morgan fingerprint density at radius 1 is 0.875 bits per heavy atom. The zero-order chi connectivity index (χ0) is 22.7. The molecule has 166 valence electrons. The average Bonchev–Trinajstić information content (AvgIpc) is 2.82. The topological polar surface area (TPSA) is 48.0 Å². The summed E-state index contributed by atoms with van der Waals surface area (Å²) in [6.45, 7) is 0.522. The number of hydrogen-bond donors (Lipinski definition) is 0. The molecule has 1 heterocycles. The second-order valence-corrected chi connectivity index (χ2v) is 8.26. The molecule has 0 bridgehead atoms. The van der Waals surface area contributed by atoms with E-state index in [1.807, 2.05) is 59.5 Å². The third-order valence-electron chi connectivity index (χ3n) is 5.53. The third-order valence-corrected chi connectivity index (χ3v) is 6.27. The lowest BCUT2D eigenvalue weighted by atomic mass is 9.90. The van der Waals surface area contributed by atoms with Crippen molar-refractivity contribution in [1.29, 1.82) is 0 Å². The summed E-state index contributed by atoms with van der Waals surface area (Å²) >= 11 is 12.4. The number of rotatable bonds is 8. The number of carbonyl (C=O) groups is 1. The lowest BCUT2D eigenvalue weighted by Crippen LogP contribution is -2.61. The molecule has 3 aromatic carbocycles. The van der Waals surface area contributed by atoms with Crippen LogP contribution in [-0.4, -0.2) is 37.7 Å². The first-order valence-electron chi connectivity index (χ1n) is 10.2. The lowest BCUT2D eigenvalue weighted by Gasteiger charge is -2.47. The average molecular weight is 472 g/mol. The van der Waals surface area contributed by atoms with E-state index < -0.39 is 6.10 Å². The molecule has 32 heavy (non-hydrogen) atoms. The first-order chi connectivity index (χ1) is 15.5. The molecule has 1 amide bonds. The van der Waals surface area contributed by atoms with E-state index in [1.165, 1.54) is 0 Å². The van der Waals surface area contributed by atoms with Crippen LogP contribution in [0.15, 0.2) is 66.7 Å². The van der Waals surface area contributed by atoms with Gasteiger partial charge in [-0.05, 0) is 53.9 Å². The van der Waals surface area contributed by atoms with Gasteiger partial charge < -0.3 is 19.1 Å². The normalized spacial score (nSPS) is 17.6. The number of β-lactam (4-membered cyclic amide) rings is 1. The number of ether oxygens (including phenoxy) is 3. The Balaban J connectivity index is 1.56. The molecule has 1 aliphatic rings. The summed E-state index contributed by atoms with van der Waals surface area (Å²) in [7, 11) is 3.21. The summed E-state index contributed by atoms with van der Waals surface area (Å²) in [6, 6.07) is 20.3. The number of amides is 1. The summed E-state index contributed by atoms with van der Waals surface area (Å²) in [5, 5.41) is 0.917. The molecule has 1 saturated heterocycles. The van der Waals surface area contributed by atoms with E-state index in [1.54, 1.807) is 26.4 Å². The molecule has 5 nitrogen and oxygen atoms in total. The van der Waals surface area contributed by atoms with Crippen LogP contribution in [0.5, 0.6) is 17.2 Å². The Morgan fingerprint density at radius 2 is 1.62 bits per heavy atom. The fraction of sp³-hybridized carbons (Fsp3) is 0.240. The van der Waals surface area contributed by atoms with Crippen LogP contribution in [-0.2, 0) is 11.2 Å². The molecular weight excluding hydrogens is 449 g/mol.